The van der Waals surface area contributed by atoms with Gasteiger partial charge in [0.25, 0.3) is 0 Å². The monoisotopic (exact) mass is 464 g/mol. The molecule has 8 heteroatoms. The Kier molecular flexibility index (Phi) is 7.65. The molecule has 4 rings (SSSR count). The van der Waals surface area contributed by atoms with Crippen LogP contribution in [0.4, 0.5) is 34.1 Å². The summed E-state index contributed by atoms with van der Waals surface area (Å²) in [6.45, 7) is 1.96. The topological polar surface area (TPSA) is 92.6 Å². The summed E-state index contributed by atoms with van der Waals surface area (Å²) < 4.78 is 10.3. The molecule has 0 heterocycles. The predicted molar refractivity (Wildman–Crippen MR) is 136 cm³/mol. The van der Waals surface area contributed by atoms with Crippen LogP contribution in [0.2, 0.25) is 0 Å². The molecule has 0 unspecified atom stereocenters. The molecule has 0 N–H and O–H groups in total. The van der Waals surface area contributed by atoms with Crippen molar-refractivity contribution in [2.45, 2.75) is 6.92 Å². The van der Waals surface area contributed by atoms with Crippen molar-refractivity contribution in [3.05, 3.63) is 96.6 Å². The average Bonchev–Trinajstić information content (AvgIpc) is 2.91. The van der Waals surface area contributed by atoms with E-state index in [1.54, 1.807) is 14.2 Å². The Balaban J connectivity index is 1.37. The van der Waals surface area contributed by atoms with Gasteiger partial charge in [-0.15, -0.1) is 0 Å². The standard InChI is InChI=1S/C27H24N6O2/c1-19-18-24(32-30-23-10-15-26(35-3)16-11-23)12-17-27(19)33-31-21-6-4-20(5-7-21)28-29-22-8-13-25(34-2)14-9-22/h4-18H,1-3H3/b29-28?,32-30?,33-31+. The third-order valence-corrected chi connectivity index (χ3v) is 5.01. The summed E-state index contributed by atoms with van der Waals surface area (Å²) in [5.74, 6) is 1.56. The first-order valence-corrected chi connectivity index (χ1v) is 10.9. The summed E-state index contributed by atoms with van der Waals surface area (Å²) in [7, 11) is 3.26. The van der Waals surface area contributed by atoms with Crippen LogP contribution in [0.25, 0.3) is 0 Å². The highest BCUT2D eigenvalue weighted by molar-refractivity contribution is 5.54. The second kappa shape index (κ2) is 11.4. The van der Waals surface area contributed by atoms with Crippen LogP contribution in [-0.2, 0) is 0 Å². The summed E-state index contributed by atoms with van der Waals surface area (Å²) in [4.78, 5) is 0. The highest BCUT2D eigenvalue weighted by Gasteiger charge is 2.00. The predicted octanol–water partition coefficient (Wildman–Crippen LogP) is 9.26. The van der Waals surface area contributed by atoms with E-state index in [-0.39, 0.29) is 0 Å². The largest absolute Gasteiger partial charge is 0.497 e. The van der Waals surface area contributed by atoms with Crippen LogP contribution in [0.1, 0.15) is 5.56 Å². The summed E-state index contributed by atoms with van der Waals surface area (Å²) >= 11 is 0. The molecular formula is C27H24N6O2. The lowest BCUT2D eigenvalue weighted by Gasteiger charge is -2.01. The van der Waals surface area contributed by atoms with Gasteiger partial charge in [-0.3, -0.25) is 0 Å². The molecule has 0 bridgehead atoms. The summed E-state index contributed by atoms with van der Waals surface area (Å²) in [6, 6.07) is 27.8. The van der Waals surface area contributed by atoms with E-state index in [1.807, 2.05) is 97.9 Å². The molecule has 8 nitrogen and oxygen atoms in total. The molecule has 0 aliphatic carbocycles. The molecule has 35 heavy (non-hydrogen) atoms. The van der Waals surface area contributed by atoms with Gasteiger partial charge in [0.05, 0.1) is 48.3 Å². The fraction of sp³-hybridized carbons (Fsp3) is 0.111. The molecule has 0 saturated heterocycles. The first-order chi connectivity index (χ1) is 17.1. The maximum Gasteiger partial charge on any atom is 0.119 e. The Labute approximate surface area is 203 Å². The van der Waals surface area contributed by atoms with Gasteiger partial charge < -0.3 is 9.47 Å². The van der Waals surface area contributed by atoms with Crippen molar-refractivity contribution in [1.82, 2.24) is 0 Å². The second-order valence-electron chi connectivity index (χ2n) is 7.48. The molecule has 0 atom stereocenters. The molecule has 174 valence electrons. The lowest BCUT2D eigenvalue weighted by molar-refractivity contribution is 0.414. The number of hydrogen-bond acceptors (Lipinski definition) is 8. The molecule has 0 aromatic heterocycles. The maximum atomic E-state index is 5.15. The number of aryl methyl sites for hydroxylation is 1. The first-order valence-electron chi connectivity index (χ1n) is 10.9. The van der Waals surface area contributed by atoms with Crippen molar-refractivity contribution >= 4 is 34.1 Å². The lowest BCUT2D eigenvalue weighted by atomic mass is 10.2. The van der Waals surface area contributed by atoms with Gasteiger partial charge >= 0.3 is 0 Å². The minimum atomic E-state index is 0.719. The van der Waals surface area contributed by atoms with Crippen molar-refractivity contribution < 1.29 is 9.47 Å². The number of methoxy groups -OCH3 is 2. The Morgan fingerprint density at radius 2 is 0.771 bits per heavy atom. The SMILES string of the molecule is COc1ccc(N=Nc2ccc(/N=N/c3ccc(N=Nc4ccc(OC)cc4)cc3C)cc2)cc1. The minimum absolute atomic E-state index is 0.719. The average molecular weight is 465 g/mol. The zero-order chi connectivity index (χ0) is 24.5. The highest BCUT2D eigenvalue weighted by Crippen LogP contribution is 2.29. The minimum Gasteiger partial charge on any atom is -0.497 e. The Hall–Kier alpha value is -4.72. The second-order valence-corrected chi connectivity index (χ2v) is 7.48. The maximum absolute atomic E-state index is 5.15. The molecule has 0 spiro atoms. The zero-order valence-corrected chi connectivity index (χ0v) is 19.7. The van der Waals surface area contributed by atoms with Crippen LogP contribution in [0.5, 0.6) is 11.5 Å². The molecule has 0 fully saturated rings. The van der Waals surface area contributed by atoms with Crippen molar-refractivity contribution in [3.63, 3.8) is 0 Å². The number of nitrogens with zero attached hydrogens (tertiary/aromatic N) is 6. The Morgan fingerprint density at radius 1 is 0.429 bits per heavy atom. The normalized spacial score (nSPS) is 11.5. The quantitative estimate of drug-likeness (QED) is 0.243. The van der Waals surface area contributed by atoms with Crippen LogP contribution in [0.3, 0.4) is 0 Å². The number of benzene rings is 4. The van der Waals surface area contributed by atoms with E-state index >= 15 is 0 Å². The molecule has 0 amide bonds. The van der Waals surface area contributed by atoms with Crippen LogP contribution < -0.4 is 9.47 Å². The lowest BCUT2D eigenvalue weighted by Crippen LogP contribution is -1.79. The van der Waals surface area contributed by atoms with E-state index in [4.69, 9.17) is 9.47 Å². The smallest absolute Gasteiger partial charge is 0.119 e. The zero-order valence-electron chi connectivity index (χ0n) is 19.7. The first kappa shape index (κ1) is 23.4. The fourth-order valence-electron chi connectivity index (χ4n) is 3.04. The third kappa shape index (κ3) is 6.64. The van der Waals surface area contributed by atoms with Gasteiger partial charge in [0.2, 0.25) is 0 Å². The van der Waals surface area contributed by atoms with Gasteiger partial charge in [-0.1, -0.05) is 0 Å². The highest BCUT2D eigenvalue weighted by atomic mass is 16.5. The van der Waals surface area contributed by atoms with E-state index in [2.05, 4.69) is 30.7 Å². The number of azo groups is 3. The third-order valence-electron chi connectivity index (χ3n) is 5.01. The van der Waals surface area contributed by atoms with E-state index in [0.29, 0.717) is 0 Å². The van der Waals surface area contributed by atoms with Crippen molar-refractivity contribution in [3.8, 4) is 11.5 Å². The van der Waals surface area contributed by atoms with Crippen LogP contribution in [-0.4, -0.2) is 14.2 Å². The van der Waals surface area contributed by atoms with E-state index in [1.165, 1.54) is 0 Å². The summed E-state index contributed by atoms with van der Waals surface area (Å²) in [5.41, 5.74) is 5.39. The molecule has 4 aromatic rings. The van der Waals surface area contributed by atoms with E-state index in [0.717, 1.165) is 51.2 Å². The molecule has 0 radical (unpaired) electrons. The van der Waals surface area contributed by atoms with Gasteiger partial charge in [0.1, 0.15) is 11.5 Å². The van der Waals surface area contributed by atoms with Gasteiger partial charge in [-0.25, -0.2) is 0 Å². The molecular weight excluding hydrogens is 440 g/mol. The summed E-state index contributed by atoms with van der Waals surface area (Å²) in [6.07, 6.45) is 0. The number of ether oxygens (including phenoxy) is 2. The van der Waals surface area contributed by atoms with E-state index in [9.17, 15) is 0 Å². The molecule has 0 aliphatic rings. The Bertz CT molecular complexity index is 1350. The van der Waals surface area contributed by atoms with Crippen molar-refractivity contribution in [1.29, 1.82) is 0 Å². The number of rotatable bonds is 8. The van der Waals surface area contributed by atoms with Crippen LogP contribution >= 0.6 is 0 Å². The number of hydrogen-bond donors (Lipinski definition) is 0. The van der Waals surface area contributed by atoms with Crippen molar-refractivity contribution in [2.24, 2.45) is 30.7 Å². The Morgan fingerprint density at radius 3 is 1.17 bits per heavy atom. The van der Waals surface area contributed by atoms with Gasteiger partial charge in [-0.05, 0) is 103 Å². The van der Waals surface area contributed by atoms with Crippen molar-refractivity contribution in [2.75, 3.05) is 14.2 Å². The van der Waals surface area contributed by atoms with E-state index < -0.39 is 0 Å². The van der Waals surface area contributed by atoms with Gasteiger partial charge in [-0.2, -0.15) is 30.7 Å². The van der Waals surface area contributed by atoms with Crippen LogP contribution in [0, 0.1) is 6.92 Å². The van der Waals surface area contributed by atoms with Gasteiger partial charge in [0, 0.05) is 0 Å². The summed E-state index contributed by atoms with van der Waals surface area (Å²) in [5, 5.41) is 25.7. The molecule has 4 aromatic carbocycles. The fourth-order valence-corrected chi connectivity index (χ4v) is 3.04. The van der Waals surface area contributed by atoms with Crippen LogP contribution in [0.15, 0.2) is 122 Å². The molecule has 0 aliphatic heterocycles. The molecule has 0 saturated carbocycles. The van der Waals surface area contributed by atoms with Gasteiger partial charge in [0.15, 0.2) is 0 Å².